The molecule has 0 saturated carbocycles. The molecule has 2 saturated heterocycles. The number of imide groups is 1. The molecule has 0 radical (unpaired) electrons. The molecule has 8 nitrogen and oxygen atoms in total. The van der Waals surface area contributed by atoms with Gasteiger partial charge in [-0.1, -0.05) is 13.0 Å². The van der Waals surface area contributed by atoms with E-state index in [-0.39, 0.29) is 18.4 Å². The van der Waals surface area contributed by atoms with E-state index < -0.39 is 29.4 Å². The minimum Gasteiger partial charge on any atom is -0.497 e. The minimum absolute atomic E-state index is 0.189. The Kier molecular flexibility index (Phi) is 5.34. The third-order valence-corrected chi connectivity index (χ3v) is 5.85. The fourth-order valence-electron chi connectivity index (χ4n) is 4.41. The lowest BCUT2D eigenvalue weighted by Gasteiger charge is -2.31. The number of fused-ring (bicyclic) bond motifs is 1. The molecule has 0 spiro atoms. The first-order valence-corrected chi connectivity index (χ1v) is 9.34. The van der Waals surface area contributed by atoms with Crippen LogP contribution in [-0.2, 0) is 19.1 Å². The maximum Gasteiger partial charge on any atom is 0.327 e. The number of methoxy groups -OCH3 is 2. The fraction of sp³-hybridized carbons (Fsp3) is 0.550. The van der Waals surface area contributed by atoms with Crippen LogP contribution in [0.2, 0.25) is 0 Å². The molecule has 1 aromatic rings. The van der Waals surface area contributed by atoms with E-state index in [0.29, 0.717) is 23.5 Å². The Balaban J connectivity index is 2.15. The average molecular weight is 390 g/mol. The van der Waals surface area contributed by atoms with Crippen LogP contribution in [0.15, 0.2) is 18.2 Å². The van der Waals surface area contributed by atoms with Crippen molar-refractivity contribution >= 4 is 17.8 Å². The number of esters is 1. The van der Waals surface area contributed by atoms with E-state index in [1.165, 1.54) is 14.2 Å². The number of nitrogens with zero attached hydrogens (tertiary/aromatic N) is 1. The van der Waals surface area contributed by atoms with Gasteiger partial charge in [-0.25, -0.2) is 0 Å². The second-order valence-corrected chi connectivity index (χ2v) is 7.01. The summed E-state index contributed by atoms with van der Waals surface area (Å²) in [5, 5.41) is 3.29. The zero-order chi connectivity index (χ0) is 20.6. The Hall–Kier alpha value is -2.61. The van der Waals surface area contributed by atoms with Crippen LogP contribution in [-0.4, -0.2) is 56.1 Å². The third kappa shape index (κ3) is 2.74. The predicted molar refractivity (Wildman–Crippen MR) is 99.8 cm³/mol. The molecule has 28 heavy (non-hydrogen) atoms. The van der Waals surface area contributed by atoms with Crippen LogP contribution < -0.4 is 14.8 Å². The van der Waals surface area contributed by atoms with Gasteiger partial charge in [-0.15, -0.1) is 0 Å². The van der Waals surface area contributed by atoms with Crippen molar-refractivity contribution in [2.24, 2.45) is 11.8 Å². The van der Waals surface area contributed by atoms with Gasteiger partial charge in [0.1, 0.15) is 17.0 Å². The molecule has 2 aliphatic rings. The molecule has 2 amide bonds. The highest BCUT2D eigenvalue weighted by Gasteiger charge is 2.67. The Morgan fingerprint density at radius 2 is 1.89 bits per heavy atom. The second kappa shape index (κ2) is 7.43. The molecule has 8 heteroatoms. The number of hydrogen-bond donors (Lipinski definition) is 1. The van der Waals surface area contributed by atoms with E-state index >= 15 is 0 Å². The van der Waals surface area contributed by atoms with Crippen LogP contribution in [0.25, 0.3) is 0 Å². The van der Waals surface area contributed by atoms with Gasteiger partial charge in [-0.2, -0.15) is 0 Å². The number of benzene rings is 1. The summed E-state index contributed by atoms with van der Waals surface area (Å²) in [4.78, 5) is 39.9. The van der Waals surface area contributed by atoms with Crippen LogP contribution >= 0.6 is 0 Å². The second-order valence-electron chi connectivity index (χ2n) is 7.01. The Morgan fingerprint density at radius 3 is 2.46 bits per heavy atom. The molecule has 3 rings (SSSR count). The fourth-order valence-corrected chi connectivity index (χ4v) is 4.41. The molecule has 2 aliphatic heterocycles. The van der Waals surface area contributed by atoms with Crippen molar-refractivity contribution in [1.29, 1.82) is 0 Å². The lowest BCUT2D eigenvalue weighted by molar-refractivity contribution is -0.156. The Bertz CT molecular complexity index is 810. The molecule has 0 aromatic heterocycles. The number of carbonyl (C=O) groups is 3. The Morgan fingerprint density at radius 1 is 1.18 bits per heavy atom. The molecular weight excluding hydrogens is 364 g/mol. The van der Waals surface area contributed by atoms with E-state index in [2.05, 4.69) is 5.32 Å². The molecule has 0 aliphatic carbocycles. The third-order valence-electron chi connectivity index (χ3n) is 5.85. The van der Waals surface area contributed by atoms with Gasteiger partial charge in [0.05, 0.1) is 32.7 Å². The van der Waals surface area contributed by atoms with E-state index in [9.17, 15) is 14.4 Å². The van der Waals surface area contributed by atoms with E-state index in [4.69, 9.17) is 14.2 Å². The normalized spacial score (nSPS) is 29.0. The SMILES string of the molecule is CCOC(=O)[C@]1(CC)N[C@@H](c2ccc(OC)cc2OC)[C@H]2C(=O)N(C)C(=O)[C@@H]21. The Labute approximate surface area is 164 Å². The van der Waals surface area contributed by atoms with Gasteiger partial charge >= 0.3 is 5.97 Å². The van der Waals surface area contributed by atoms with Gasteiger partial charge < -0.3 is 14.2 Å². The van der Waals surface area contributed by atoms with Gasteiger partial charge in [-0.3, -0.25) is 24.6 Å². The van der Waals surface area contributed by atoms with Crippen molar-refractivity contribution in [2.75, 3.05) is 27.9 Å². The number of rotatable bonds is 6. The van der Waals surface area contributed by atoms with E-state index in [0.717, 1.165) is 4.90 Å². The van der Waals surface area contributed by atoms with Crippen LogP contribution in [0.4, 0.5) is 0 Å². The quantitative estimate of drug-likeness (QED) is 0.578. The first-order chi connectivity index (χ1) is 13.4. The highest BCUT2D eigenvalue weighted by molar-refractivity contribution is 6.09. The topological polar surface area (TPSA) is 94.2 Å². The molecule has 2 heterocycles. The molecule has 2 fully saturated rings. The molecular formula is C20H26N2O6. The van der Waals surface area contributed by atoms with Gasteiger partial charge in [0, 0.05) is 24.7 Å². The monoisotopic (exact) mass is 390 g/mol. The van der Waals surface area contributed by atoms with Crippen molar-refractivity contribution in [2.45, 2.75) is 31.8 Å². The number of likely N-dealkylation sites (tertiary alicyclic amines) is 1. The van der Waals surface area contributed by atoms with Gasteiger partial charge in [0.2, 0.25) is 11.8 Å². The summed E-state index contributed by atoms with van der Waals surface area (Å²) in [6.45, 7) is 3.71. The van der Waals surface area contributed by atoms with Gasteiger partial charge in [0.15, 0.2) is 0 Å². The highest BCUT2D eigenvalue weighted by atomic mass is 16.5. The first kappa shape index (κ1) is 20.1. The molecule has 152 valence electrons. The number of amides is 2. The minimum atomic E-state index is -1.27. The molecule has 0 bridgehead atoms. The van der Waals surface area contributed by atoms with E-state index in [1.54, 1.807) is 32.2 Å². The summed E-state index contributed by atoms with van der Waals surface area (Å²) in [6, 6.07) is 4.69. The summed E-state index contributed by atoms with van der Waals surface area (Å²) in [6.07, 6.45) is 0.314. The highest BCUT2D eigenvalue weighted by Crippen LogP contribution is 2.51. The summed E-state index contributed by atoms with van der Waals surface area (Å²) < 4.78 is 16.0. The van der Waals surface area contributed by atoms with Crippen molar-refractivity contribution in [1.82, 2.24) is 10.2 Å². The predicted octanol–water partition coefficient (Wildman–Crippen LogP) is 1.29. The molecule has 1 aromatic carbocycles. The maximum absolute atomic E-state index is 12.9. The largest absolute Gasteiger partial charge is 0.497 e. The summed E-state index contributed by atoms with van der Waals surface area (Å²) >= 11 is 0. The smallest absolute Gasteiger partial charge is 0.327 e. The van der Waals surface area contributed by atoms with Crippen molar-refractivity contribution < 1.29 is 28.6 Å². The van der Waals surface area contributed by atoms with Crippen LogP contribution in [0, 0.1) is 11.8 Å². The average Bonchev–Trinajstić information content (AvgIpc) is 3.17. The molecule has 1 N–H and O–H groups in total. The zero-order valence-electron chi connectivity index (χ0n) is 16.8. The molecule has 0 unspecified atom stereocenters. The first-order valence-electron chi connectivity index (χ1n) is 9.34. The number of carbonyl (C=O) groups excluding carboxylic acids is 3. The van der Waals surface area contributed by atoms with Gasteiger partial charge in [-0.05, 0) is 19.4 Å². The van der Waals surface area contributed by atoms with E-state index in [1.807, 2.05) is 6.92 Å². The summed E-state index contributed by atoms with van der Waals surface area (Å²) in [7, 11) is 4.53. The standard InChI is InChI=1S/C20H26N2O6/c1-6-20(19(25)28-7-2)15-14(17(23)22(3)18(15)24)16(21-20)12-9-8-11(26-4)10-13(12)27-5/h8-10,14-16,21H,6-7H2,1-5H3/t14-,15+,16-,20+/m0/s1. The number of hydrogen-bond acceptors (Lipinski definition) is 7. The van der Waals surface area contributed by atoms with Crippen molar-refractivity contribution in [3.8, 4) is 11.5 Å². The van der Waals surface area contributed by atoms with Crippen LogP contribution in [0.3, 0.4) is 0 Å². The van der Waals surface area contributed by atoms with Crippen molar-refractivity contribution in [3.63, 3.8) is 0 Å². The lowest BCUT2D eigenvalue weighted by atomic mass is 9.78. The zero-order valence-corrected chi connectivity index (χ0v) is 16.8. The summed E-state index contributed by atoms with van der Waals surface area (Å²) in [5.74, 6) is -1.62. The molecule has 4 atom stereocenters. The lowest BCUT2D eigenvalue weighted by Crippen LogP contribution is -2.55. The van der Waals surface area contributed by atoms with Crippen molar-refractivity contribution in [3.05, 3.63) is 23.8 Å². The number of nitrogens with one attached hydrogen (secondary N) is 1. The van der Waals surface area contributed by atoms with Crippen LogP contribution in [0.5, 0.6) is 11.5 Å². The van der Waals surface area contributed by atoms with Crippen LogP contribution in [0.1, 0.15) is 31.9 Å². The van der Waals surface area contributed by atoms with Gasteiger partial charge in [0.25, 0.3) is 0 Å². The summed E-state index contributed by atoms with van der Waals surface area (Å²) in [5.41, 5.74) is -0.581. The maximum atomic E-state index is 12.9. The number of ether oxygens (including phenoxy) is 3.